The molecule has 2 heterocycles. The summed E-state index contributed by atoms with van der Waals surface area (Å²) in [5.41, 5.74) is -0.178. The lowest BCUT2D eigenvalue weighted by atomic mass is 9.96. The fourth-order valence-electron chi connectivity index (χ4n) is 2.88. The number of hydrogen-bond acceptors (Lipinski definition) is 9. The molecule has 0 radical (unpaired) electrons. The second kappa shape index (κ2) is 10.6. The van der Waals surface area contributed by atoms with Gasteiger partial charge in [0.2, 0.25) is 0 Å². The molecule has 1 fully saturated rings. The zero-order valence-electron chi connectivity index (χ0n) is 16.3. The van der Waals surface area contributed by atoms with E-state index in [4.69, 9.17) is 11.6 Å². The predicted octanol–water partition coefficient (Wildman–Crippen LogP) is 6.12. The van der Waals surface area contributed by atoms with Crippen LogP contribution in [0.3, 0.4) is 0 Å². The van der Waals surface area contributed by atoms with Crippen LogP contribution in [0.15, 0.2) is 12.1 Å². The minimum Gasteiger partial charge on any atom is -0.369 e. The van der Waals surface area contributed by atoms with E-state index >= 15 is 0 Å². The van der Waals surface area contributed by atoms with Gasteiger partial charge in [0.05, 0.1) is 19.6 Å². The number of nitro groups is 2. The van der Waals surface area contributed by atoms with Crippen molar-refractivity contribution in [3.8, 4) is 0 Å². The van der Waals surface area contributed by atoms with Crippen molar-refractivity contribution in [2.45, 2.75) is 52.0 Å². The maximum Gasteiger partial charge on any atom is 0.304 e. The summed E-state index contributed by atoms with van der Waals surface area (Å²) in [5.74, 6) is -0.338. The van der Waals surface area contributed by atoms with E-state index in [2.05, 4.69) is 5.32 Å². The van der Waals surface area contributed by atoms with Crippen molar-refractivity contribution in [1.82, 2.24) is 0 Å². The summed E-state index contributed by atoms with van der Waals surface area (Å²) in [6, 6.07) is 2.86. The standard InChI is InChI=1S/C12H16N2O3S.C6H4ClNO3S/c1-8(15)11-7-10(14(16)17)12(18-11)13-9-5-3-2-4-6-9;1-3(9)5-2-4(8(10)11)6(7)12-5/h7,9,13H,2-6H2,1H3;2H,1H3. The van der Waals surface area contributed by atoms with E-state index in [1.54, 1.807) is 0 Å². The first-order chi connectivity index (χ1) is 14.1. The summed E-state index contributed by atoms with van der Waals surface area (Å²) in [6.45, 7) is 2.77. The molecule has 1 aliphatic carbocycles. The van der Waals surface area contributed by atoms with Gasteiger partial charge >= 0.3 is 5.69 Å². The topological polar surface area (TPSA) is 132 Å². The first-order valence-corrected chi connectivity index (χ1v) is 11.1. The molecule has 0 aliphatic heterocycles. The SMILES string of the molecule is CC(=O)c1cc([N+](=O)[O-])c(Cl)s1.CC(=O)c1cc([N+](=O)[O-])c(NC2CCCCC2)s1. The zero-order chi connectivity index (χ0) is 22.4. The van der Waals surface area contributed by atoms with Crippen molar-refractivity contribution in [3.05, 3.63) is 46.5 Å². The molecular formula is C18H20ClN3O6S2. The molecular weight excluding hydrogens is 454 g/mol. The van der Waals surface area contributed by atoms with Crippen LogP contribution in [0.1, 0.15) is 65.3 Å². The van der Waals surface area contributed by atoms with Gasteiger partial charge in [-0.05, 0) is 26.7 Å². The molecule has 1 saturated carbocycles. The highest BCUT2D eigenvalue weighted by Gasteiger charge is 2.24. The second-order valence-electron chi connectivity index (χ2n) is 6.70. The Bertz CT molecular complexity index is 965. The van der Waals surface area contributed by atoms with Gasteiger partial charge in [-0.25, -0.2) is 0 Å². The molecule has 2 aromatic rings. The van der Waals surface area contributed by atoms with Crippen molar-refractivity contribution < 1.29 is 19.4 Å². The van der Waals surface area contributed by atoms with E-state index < -0.39 is 9.85 Å². The Kier molecular flexibility index (Phi) is 8.44. The maximum atomic E-state index is 11.3. The van der Waals surface area contributed by atoms with Gasteiger partial charge in [0, 0.05) is 18.2 Å². The quantitative estimate of drug-likeness (QED) is 0.303. The number of thiophene rings is 2. The Morgan fingerprint density at radius 3 is 1.90 bits per heavy atom. The fourth-order valence-corrected chi connectivity index (χ4v) is 5.00. The van der Waals surface area contributed by atoms with Crippen LogP contribution in [0.2, 0.25) is 4.34 Å². The smallest absolute Gasteiger partial charge is 0.304 e. The monoisotopic (exact) mass is 473 g/mol. The largest absolute Gasteiger partial charge is 0.369 e. The van der Waals surface area contributed by atoms with Crippen LogP contribution >= 0.6 is 34.3 Å². The van der Waals surface area contributed by atoms with Crippen molar-refractivity contribution in [2.75, 3.05) is 5.32 Å². The summed E-state index contributed by atoms with van der Waals surface area (Å²) in [5, 5.41) is 25.0. The first-order valence-electron chi connectivity index (χ1n) is 9.10. The number of nitrogens with zero attached hydrogens (tertiary/aromatic N) is 2. The highest BCUT2D eigenvalue weighted by atomic mass is 35.5. The minimum absolute atomic E-state index is 0.0239. The summed E-state index contributed by atoms with van der Waals surface area (Å²) < 4.78 is 0.0465. The molecule has 0 bridgehead atoms. The van der Waals surface area contributed by atoms with E-state index in [1.807, 2.05) is 0 Å². The molecule has 0 atom stereocenters. The van der Waals surface area contributed by atoms with Crippen LogP contribution in [0.25, 0.3) is 0 Å². The molecule has 3 rings (SSSR count). The van der Waals surface area contributed by atoms with Gasteiger partial charge in [-0.3, -0.25) is 29.8 Å². The van der Waals surface area contributed by atoms with Crippen molar-refractivity contribution >= 4 is 62.2 Å². The lowest BCUT2D eigenvalue weighted by Gasteiger charge is -2.22. The van der Waals surface area contributed by atoms with E-state index in [1.165, 1.54) is 43.7 Å². The number of ketones is 2. The summed E-state index contributed by atoms with van der Waals surface area (Å²) >= 11 is 7.62. The van der Waals surface area contributed by atoms with Crippen molar-refractivity contribution in [3.63, 3.8) is 0 Å². The second-order valence-corrected chi connectivity index (χ2v) is 9.41. The van der Waals surface area contributed by atoms with E-state index in [9.17, 15) is 29.8 Å². The molecule has 0 spiro atoms. The molecule has 162 valence electrons. The minimum atomic E-state index is -0.606. The number of carbonyl (C=O) groups excluding carboxylic acids is 2. The average Bonchev–Trinajstić information content (AvgIpc) is 3.27. The van der Waals surface area contributed by atoms with Crippen LogP contribution < -0.4 is 5.32 Å². The molecule has 1 aliphatic rings. The zero-order valence-corrected chi connectivity index (χ0v) is 18.7. The average molecular weight is 474 g/mol. The first kappa shape index (κ1) is 23.9. The maximum absolute atomic E-state index is 11.3. The van der Waals surface area contributed by atoms with Crippen molar-refractivity contribution in [1.29, 1.82) is 0 Å². The Hall–Kier alpha value is -2.37. The van der Waals surface area contributed by atoms with Gasteiger partial charge in [0.25, 0.3) is 5.69 Å². The third-order valence-corrected chi connectivity index (χ3v) is 7.00. The van der Waals surface area contributed by atoms with Gasteiger partial charge in [0.15, 0.2) is 20.9 Å². The molecule has 2 aromatic heterocycles. The van der Waals surface area contributed by atoms with E-state index in [0.717, 1.165) is 37.0 Å². The molecule has 0 saturated heterocycles. The fraction of sp³-hybridized carbons (Fsp3) is 0.444. The van der Waals surface area contributed by atoms with Crippen LogP contribution in [-0.2, 0) is 0 Å². The molecule has 0 amide bonds. The molecule has 1 N–H and O–H groups in total. The van der Waals surface area contributed by atoms with Gasteiger partial charge in [-0.2, -0.15) is 0 Å². The van der Waals surface area contributed by atoms with Crippen LogP contribution in [-0.4, -0.2) is 27.5 Å². The van der Waals surface area contributed by atoms with Crippen LogP contribution in [0.4, 0.5) is 16.4 Å². The predicted molar refractivity (Wildman–Crippen MR) is 117 cm³/mol. The summed E-state index contributed by atoms with van der Waals surface area (Å²) in [7, 11) is 0. The number of rotatable bonds is 6. The normalized spacial score (nSPS) is 13.8. The third-order valence-electron chi connectivity index (χ3n) is 4.41. The van der Waals surface area contributed by atoms with Crippen LogP contribution in [0, 0.1) is 20.2 Å². The molecule has 12 heteroatoms. The Balaban J connectivity index is 0.000000232. The molecule has 30 heavy (non-hydrogen) atoms. The third kappa shape index (κ3) is 6.31. The Morgan fingerprint density at radius 2 is 1.47 bits per heavy atom. The molecule has 9 nitrogen and oxygen atoms in total. The lowest BCUT2D eigenvalue weighted by molar-refractivity contribution is -0.384. The van der Waals surface area contributed by atoms with Crippen molar-refractivity contribution in [2.24, 2.45) is 0 Å². The number of carbonyl (C=O) groups is 2. The van der Waals surface area contributed by atoms with Gasteiger partial charge in [-0.1, -0.05) is 30.9 Å². The number of halogens is 1. The number of hydrogen-bond donors (Lipinski definition) is 1. The summed E-state index contributed by atoms with van der Waals surface area (Å²) in [6.07, 6.45) is 5.66. The summed E-state index contributed by atoms with van der Waals surface area (Å²) in [4.78, 5) is 43.0. The number of Topliss-reactive ketones (excluding diaryl/α,β-unsaturated/α-hetero) is 2. The number of anilines is 1. The van der Waals surface area contributed by atoms with Gasteiger partial charge in [0.1, 0.15) is 0 Å². The molecule has 0 aromatic carbocycles. The van der Waals surface area contributed by atoms with Crippen LogP contribution in [0.5, 0.6) is 0 Å². The molecule has 0 unspecified atom stereocenters. The Morgan fingerprint density at radius 1 is 0.967 bits per heavy atom. The highest BCUT2D eigenvalue weighted by Crippen LogP contribution is 2.37. The lowest BCUT2D eigenvalue weighted by Crippen LogP contribution is -2.21. The van der Waals surface area contributed by atoms with E-state index in [0.29, 0.717) is 20.8 Å². The highest BCUT2D eigenvalue weighted by molar-refractivity contribution is 7.19. The van der Waals surface area contributed by atoms with Gasteiger partial charge < -0.3 is 5.32 Å². The number of nitrogens with one attached hydrogen (secondary N) is 1. The Labute approximate surface area is 185 Å². The van der Waals surface area contributed by atoms with Gasteiger partial charge in [-0.15, -0.1) is 22.7 Å². The van der Waals surface area contributed by atoms with E-state index in [-0.39, 0.29) is 27.3 Å².